The molecule has 1 N–H and O–H groups in total. The third-order valence-electron chi connectivity index (χ3n) is 4.04. The maximum atomic E-state index is 12.2. The molecule has 0 aliphatic rings. The van der Waals surface area contributed by atoms with Gasteiger partial charge < -0.3 is 14.5 Å². The second-order valence-electron chi connectivity index (χ2n) is 6.07. The fraction of sp³-hybridized carbons (Fsp3) is 0.250. The number of aromatic nitrogens is 2. The average molecular weight is 351 g/mol. The van der Waals surface area contributed by atoms with E-state index in [0.29, 0.717) is 24.0 Å². The van der Waals surface area contributed by atoms with Gasteiger partial charge in [0.15, 0.2) is 0 Å². The zero-order valence-corrected chi connectivity index (χ0v) is 15.1. The van der Waals surface area contributed by atoms with Gasteiger partial charge in [0, 0.05) is 18.5 Å². The van der Waals surface area contributed by atoms with Crippen molar-refractivity contribution in [1.82, 2.24) is 10.2 Å². The maximum Gasteiger partial charge on any atom is 0.251 e. The minimum absolute atomic E-state index is 0.0873. The lowest BCUT2D eigenvalue weighted by Crippen LogP contribution is -2.13. The SMILES string of the molecule is COc1ccccc1-c1nnc(CCC(=O)Nc2cc(C)ccc2C)o1. The van der Waals surface area contributed by atoms with Gasteiger partial charge in [-0.15, -0.1) is 10.2 Å². The first-order valence-corrected chi connectivity index (χ1v) is 8.39. The van der Waals surface area contributed by atoms with Crippen molar-refractivity contribution in [1.29, 1.82) is 0 Å². The average Bonchev–Trinajstić information content (AvgIpc) is 3.12. The lowest BCUT2D eigenvalue weighted by Gasteiger charge is -2.08. The molecule has 0 atom stereocenters. The second-order valence-corrected chi connectivity index (χ2v) is 6.07. The number of methoxy groups -OCH3 is 1. The lowest BCUT2D eigenvalue weighted by atomic mass is 10.1. The molecule has 0 bridgehead atoms. The van der Waals surface area contributed by atoms with E-state index in [1.54, 1.807) is 7.11 Å². The Kier molecular flexibility index (Phi) is 5.31. The summed E-state index contributed by atoms with van der Waals surface area (Å²) in [6.45, 7) is 3.96. The fourth-order valence-corrected chi connectivity index (χ4v) is 2.59. The molecule has 3 aromatic rings. The maximum absolute atomic E-state index is 12.2. The minimum atomic E-state index is -0.0873. The van der Waals surface area contributed by atoms with Crippen molar-refractivity contribution in [2.24, 2.45) is 0 Å². The summed E-state index contributed by atoms with van der Waals surface area (Å²) in [4.78, 5) is 12.2. The number of hydrogen-bond acceptors (Lipinski definition) is 5. The molecule has 0 unspecified atom stereocenters. The van der Waals surface area contributed by atoms with Crippen molar-refractivity contribution >= 4 is 11.6 Å². The zero-order valence-electron chi connectivity index (χ0n) is 15.1. The van der Waals surface area contributed by atoms with Gasteiger partial charge in [0.1, 0.15) is 5.75 Å². The molecule has 6 heteroatoms. The minimum Gasteiger partial charge on any atom is -0.496 e. The molecule has 1 heterocycles. The Morgan fingerprint density at radius 2 is 1.96 bits per heavy atom. The lowest BCUT2D eigenvalue weighted by molar-refractivity contribution is -0.116. The third kappa shape index (κ3) is 4.08. The molecule has 0 radical (unpaired) electrons. The van der Waals surface area contributed by atoms with Crippen LogP contribution in [0.5, 0.6) is 5.75 Å². The van der Waals surface area contributed by atoms with Crippen molar-refractivity contribution in [2.75, 3.05) is 12.4 Å². The number of nitrogens with one attached hydrogen (secondary N) is 1. The Morgan fingerprint density at radius 3 is 2.77 bits per heavy atom. The van der Waals surface area contributed by atoms with Gasteiger partial charge in [-0.2, -0.15) is 0 Å². The zero-order chi connectivity index (χ0) is 18.5. The van der Waals surface area contributed by atoms with E-state index in [1.165, 1.54) is 0 Å². The van der Waals surface area contributed by atoms with Gasteiger partial charge in [-0.3, -0.25) is 4.79 Å². The molecule has 26 heavy (non-hydrogen) atoms. The van der Waals surface area contributed by atoms with E-state index in [9.17, 15) is 4.79 Å². The first kappa shape index (κ1) is 17.7. The van der Waals surface area contributed by atoms with Crippen molar-refractivity contribution in [3.63, 3.8) is 0 Å². The molecule has 0 fully saturated rings. The second kappa shape index (κ2) is 7.82. The van der Waals surface area contributed by atoms with Crippen LogP contribution in [0.1, 0.15) is 23.4 Å². The smallest absolute Gasteiger partial charge is 0.251 e. The number of carbonyl (C=O) groups is 1. The normalized spacial score (nSPS) is 10.6. The molecule has 6 nitrogen and oxygen atoms in total. The van der Waals surface area contributed by atoms with Crippen molar-refractivity contribution in [3.05, 3.63) is 59.5 Å². The van der Waals surface area contributed by atoms with E-state index in [1.807, 2.05) is 56.3 Å². The van der Waals surface area contributed by atoms with Crippen LogP contribution in [0, 0.1) is 13.8 Å². The summed E-state index contributed by atoms with van der Waals surface area (Å²) in [7, 11) is 1.59. The van der Waals surface area contributed by atoms with Crippen LogP contribution >= 0.6 is 0 Å². The molecule has 1 amide bonds. The van der Waals surface area contributed by atoms with E-state index in [2.05, 4.69) is 15.5 Å². The number of ether oxygens (including phenoxy) is 1. The molecule has 1 aromatic heterocycles. The summed E-state index contributed by atoms with van der Waals surface area (Å²) in [5.74, 6) is 1.38. The van der Waals surface area contributed by atoms with Crippen LogP contribution in [-0.2, 0) is 11.2 Å². The third-order valence-corrected chi connectivity index (χ3v) is 4.04. The number of aryl methyl sites for hydroxylation is 3. The Balaban J connectivity index is 1.63. The summed E-state index contributed by atoms with van der Waals surface area (Å²) in [5, 5.41) is 11.0. The van der Waals surface area contributed by atoms with Gasteiger partial charge in [-0.1, -0.05) is 24.3 Å². The molecule has 0 spiro atoms. The Bertz CT molecular complexity index is 918. The first-order chi connectivity index (χ1) is 12.6. The highest BCUT2D eigenvalue weighted by Crippen LogP contribution is 2.28. The van der Waals surface area contributed by atoms with E-state index >= 15 is 0 Å². The monoisotopic (exact) mass is 351 g/mol. The highest BCUT2D eigenvalue weighted by molar-refractivity contribution is 5.91. The van der Waals surface area contributed by atoms with Gasteiger partial charge in [0.25, 0.3) is 5.89 Å². The highest BCUT2D eigenvalue weighted by Gasteiger charge is 2.14. The van der Waals surface area contributed by atoms with Crippen molar-refractivity contribution < 1.29 is 13.9 Å². The van der Waals surface area contributed by atoms with Crippen LogP contribution in [0.4, 0.5) is 5.69 Å². The molecule has 0 aliphatic carbocycles. The largest absolute Gasteiger partial charge is 0.496 e. The van der Waals surface area contributed by atoms with Gasteiger partial charge in [-0.05, 0) is 43.2 Å². The van der Waals surface area contributed by atoms with E-state index in [0.717, 1.165) is 22.4 Å². The van der Waals surface area contributed by atoms with Gasteiger partial charge >= 0.3 is 0 Å². The number of nitrogens with zero attached hydrogens (tertiary/aromatic N) is 2. The highest BCUT2D eigenvalue weighted by atomic mass is 16.5. The Morgan fingerprint density at radius 1 is 1.15 bits per heavy atom. The quantitative estimate of drug-likeness (QED) is 0.728. The van der Waals surface area contributed by atoms with Crippen LogP contribution in [0.3, 0.4) is 0 Å². The summed E-state index contributed by atoms with van der Waals surface area (Å²) in [5.41, 5.74) is 3.69. The van der Waals surface area contributed by atoms with Crippen LogP contribution in [0.25, 0.3) is 11.5 Å². The van der Waals surface area contributed by atoms with E-state index < -0.39 is 0 Å². The van der Waals surface area contributed by atoms with Gasteiger partial charge in [0.2, 0.25) is 11.8 Å². The number of rotatable bonds is 6. The molecular weight excluding hydrogens is 330 g/mol. The predicted octanol–water partition coefficient (Wildman–Crippen LogP) is 3.93. The van der Waals surface area contributed by atoms with Gasteiger partial charge in [-0.25, -0.2) is 0 Å². The standard InChI is InChI=1S/C20H21N3O3/c1-13-8-9-14(2)16(12-13)21-18(24)10-11-19-22-23-20(26-19)15-6-4-5-7-17(15)25-3/h4-9,12H,10-11H2,1-3H3,(H,21,24). The topological polar surface area (TPSA) is 77.2 Å². The molecule has 134 valence electrons. The molecule has 0 saturated carbocycles. The molecular formula is C20H21N3O3. The number of para-hydroxylation sites is 1. The van der Waals surface area contributed by atoms with Crippen LogP contribution < -0.4 is 10.1 Å². The van der Waals surface area contributed by atoms with E-state index in [-0.39, 0.29) is 12.3 Å². The summed E-state index contributed by atoms with van der Waals surface area (Å²) < 4.78 is 11.0. The number of carbonyl (C=O) groups excluding carboxylic acids is 1. The van der Waals surface area contributed by atoms with Gasteiger partial charge in [0.05, 0.1) is 12.7 Å². The van der Waals surface area contributed by atoms with Crippen molar-refractivity contribution in [3.8, 4) is 17.2 Å². The van der Waals surface area contributed by atoms with Crippen LogP contribution in [-0.4, -0.2) is 23.2 Å². The molecule has 3 rings (SSSR count). The fourth-order valence-electron chi connectivity index (χ4n) is 2.59. The van der Waals surface area contributed by atoms with Crippen molar-refractivity contribution in [2.45, 2.75) is 26.7 Å². The van der Waals surface area contributed by atoms with Crippen LogP contribution in [0.2, 0.25) is 0 Å². The predicted molar refractivity (Wildman–Crippen MR) is 99.2 cm³/mol. The summed E-state index contributed by atoms with van der Waals surface area (Å²) >= 11 is 0. The molecule has 0 aliphatic heterocycles. The summed E-state index contributed by atoms with van der Waals surface area (Å²) in [6.07, 6.45) is 0.639. The van der Waals surface area contributed by atoms with Crippen LogP contribution in [0.15, 0.2) is 46.9 Å². The molecule has 2 aromatic carbocycles. The first-order valence-electron chi connectivity index (χ1n) is 8.39. The Hall–Kier alpha value is -3.15. The van der Waals surface area contributed by atoms with E-state index in [4.69, 9.17) is 9.15 Å². The Labute approximate surface area is 152 Å². The number of benzene rings is 2. The molecule has 0 saturated heterocycles. The number of hydrogen-bond donors (Lipinski definition) is 1. The summed E-state index contributed by atoms with van der Waals surface area (Å²) in [6, 6.07) is 13.4. The number of amides is 1. The number of anilines is 1.